The summed E-state index contributed by atoms with van der Waals surface area (Å²) in [5, 5.41) is 11.0. The summed E-state index contributed by atoms with van der Waals surface area (Å²) in [5.74, 6) is 1.50. The number of nitrogens with zero attached hydrogens (tertiary/aromatic N) is 1. The first-order valence-electron chi connectivity index (χ1n) is 6.65. The maximum atomic E-state index is 9.19. The normalized spacial score (nSPS) is 10.3. The van der Waals surface area contributed by atoms with Gasteiger partial charge in [-0.15, -0.1) is 0 Å². The van der Waals surface area contributed by atoms with Crippen molar-refractivity contribution in [2.45, 2.75) is 6.92 Å². The highest BCUT2D eigenvalue weighted by atomic mass is 16.5. The summed E-state index contributed by atoms with van der Waals surface area (Å²) in [6.45, 7) is 1.96. The molecule has 0 fully saturated rings. The minimum Gasteiger partial charge on any atom is -0.456 e. The molecule has 0 atom stereocenters. The van der Waals surface area contributed by atoms with E-state index in [0.29, 0.717) is 11.3 Å². The van der Waals surface area contributed by atoms with Gasteiger partial charge in [-0.05, 0) is 42.8 Å². The largest absolute Gasteiger partial charge is 0.456 e. The number of hydrogen-bond donors (Lipinski definition) is 1. The van der Waals surface area contributed by atoms with Gasteiger partial charge in [0.05, 0.1) is 11.6 Å². The second-order valence-electron chi connectivity index (χ2n) is 4.90. The SMILES string of the molecule is Cc1cc(N)ccc1Oc1ccc(C#N)c2ccccc12. The van der Waals surface area contributed by atoms with Gasteiger partial charge >= 0.3 is 0 Å². The van der Waals surface area contributed by atoms with Crippen LogP contribution >= 0.6 is 0 Å². The molecule has 0 aliphatic heterocycles. The van der Waals surface area contributed by atoms with E-state index in [-0.39, 0.29) is 0 Å². The van der Waals surface area contributed by atoms with E-state index in [1.807, 2.05) is 55.5 Å². The molecule has 0 amide bonds. The molecule has 0 heterocycles. The summed E-state index contributed by atoms with van der Waals surface area (Å²) in [5.41, 5.74) is 8.09. The number of anilines is 1. The van der Waals surface area contributed by atoms with Crippen LogP contribution in [0.3, 0.4) is 0 Å². The third-order valence-electron chi connectivity index (χ3n) is 3.42. The molecular formula is C18H14N2O. The second-order valence-corrected chi connectivity index (χ2v) is 4.90. The van der Waals surface area contributed by atoms with Gasteiger partial charge in [0.25, 0.3) is 0 Å². The lowest BCUT2D eigenvalue weighted by Crippen LogP contribution is -1.92. The molecule has 0 aromatic heterocycles. The predicted molar refractivity (Wildman–Crippen MR) is 84.3 cm³/mol. The first-order chi connectivity index (χ1) is 10.2. The molecule has 0 radical (unpaired) electrons. The van der Waals surface area contributed by atoms with E-state index in [4.69, 9.17) is 10.5 Å². The van der Waals surface area contributed by atoms with Crippen LogP contribution in [0.2, 0.25) is 0 Å². The van der Waals surface area contributed by atoms with Gasteiger partial charge in [-0.25, -0.2) is 0 Å². The lowest BCUT2D eigenvalue weighted by molar-refractivity contribution is 0.484. The molecule has 0 aliphatic carbocycles. The molecule has 3 rings (SSSR count). The van der Waals surface area contributed by atoms with Crippen molar-refractivity contribution < 1.29 is 4.74 Å². The Hall–Kier alpha value is -2.99. The van der Waals surface area contributed by atoms with E-state index in [1.165, 1.54) is 0 Å². The molecule has 0 spiro atoms. The number of rotatable bonds is 2. The van der Waals surface area contributed by atoms with Crippen LogP contribution in [0.5, 0.6) is 11.5 Å². The molecule has 0 unspecified atom stereocenters. The van der Waals surface area contributed by atoms with Crippen LogP contribution in [0, 0.1) is 18.3 Å². The Bertz CT molecular complexity index is 863. The number of nitrogen functional groups attached to an aromatic ring is 1. The van der Waals surface area contributed by atoms with Crippen molar-refractivity contribution in [2.75, 3.05) is 5.73 Å². The van der Waals surface area contributed by atoms with Crippen LogP contribution in [-0.4, -0.2) is 0 Å². The highest BCUT2D eigenvalue weighted by molar-refractivity contribution is 5.93. The highest BCUT2D eigenvalue weighted by Gasteiger charge is 2.08. The zero-order valence-electron chi connectivity index (χ0n) is 11.6. The minimum atomic E-state index is 0.645. The van der Waals surface area contributed by atoms with E-state index < -0.39 is 0 Å². The fourth-order valence-corrected chi connectivity index (χ4v) is 2.36. The standard InChI is InChI=1S/C18H14N2O/c1-12-10-14(20)7-9-17(12)21-18-8-6-13(11-19)15-4-2-3-5-16(15)18/h2-10H,20H2,1H3. The van der Waals surface area contributed by atoms with Gasteiger partial charge in [0, 0.05) is 16.5 Å². The lowest BCUT2D eigenvalue weighted by Gasteiger charge is -2.12. The number of hydrogen-bond acceptors (Lipinski definition) is 3. The van der Waals surface area contributed by atoms with Crippen molar-refractivity contribution in [2.24, 2.45) is 0 Å². The van der Waals surface area contributed by atoms with Crippen LogP contribution in [0.25, 0.3) is 10.8 Å². The number of fused-ring (bicyclic) bond motifs is 1. The molecule has 3 aromatic rings. The van der Waals surface area contributed by atoms with Crippen molar-refractivity contribution in [3.8, 4) is 17.6 Å². The van der Waals surface area contributed by atoms with Crippen molar-refractivity contribution in [3.05, 3.63) is 65.7 Å². The summed E-state index contributed by atoms with van der Waals surface area (Å²) < 4.78 is 6.01. The number of ether oxygens (including phenoxy) is 1. The molecule has 0 bridgehead atoms. The molecular weight excluding hydrogens is 260 g/mol. The van der Waals surface area contributed by atoms with Crippen LogP contribution in [0.1, 0.15) is 11.1 Å². The molecule has 0 aliphatic rings. The smallest absolute Gasteiger partial charge is 0.135 e. The second kappa shape index (κ2) is 5.18. The summed E-state index contributed by atoms with van der Waals surface area (Å²) in [6, 6.07) is 19.1. The Morgan fingerprint density at radius 2 is 1.67 bits per heavy atom. The van der Waals surface area contributed by atoms with Crippen LogP contribution in [0.4, 0.5) is 5.69 Å². The number of nitriles is 1. The van der Waals surface area contributed by atoms with Gasteiger partial charge in [-0.3, -0.25) is 0 Å². The fourth-order valence-electron chi connectivity index (χ4n) is 2.36. The van der Waals surface area contributed by atoms with Crippen LogP contribution in [0.15, 0.2) is 54.6 Å². The maximum Gasteiger partial charge on any atom is 0.135 e. The van der Waals surface area contributed by atoms with Gasteiger partial charge in [-0.1, -0.05) is 24.3 Å². The monoisotopic (exact) mass is 274 g/mol. The van der Waals surface area contributed by atoms with E-state index in [0.717, 1.165) is 27.8 Å². The summed E-state index contributed by atoms with van der Waals surface area (Å²) >= 11 is 0. The zero-order valence-corrected chi connectivity index (χ0v) is 11.6. The molecule has 3 nitrogen and oxygen atoms in total. The Morgan fingerprint density at radius 3 is 2.38 bits per heavy atom. The predicted octanol–water partition coefficient (Wildman–Crippen LogP) is 4.39. The lowest BCUT2D eigenvalue weighted by atomic mass is 10.0. The van der Waals surface area contributed by atoms with Gasteiger partial charge in [0.15, 0.2) is 0 Å². The number of nitrogens with two attached hydrogens (primary N) is 1. The fraction of sp³-hybridized carbons (Fsp3) is 0.0556. The van der Waals surface area contributed by atoms with Crippen LogP contribution in [-0.2, 0) is 0 Å². The number of aryl methyl sites for hydroxylation is 1. The Kier molecular flexibility index (Phi) is 3.21. The maximum absolute atomic E-state index is 9.19. The average molecular weight is 274 g/mol. The molecule has 3 aromatic carbocycles. The Balaban J connectivity index is 2.12. The Morgan fingerprint density at radius 1 is 0.952 bits per heavy atom. The van der Waals surface area contributed by atoms with E-state index in [1.54, 1.807) is 6.07 Å². The third kappa shape index (κ3) is 2.39. The van der Waals surface area contributed by atoms with Gasteiger partial charge in [0.2, 0.25) is 0 Å². The van der Waals surface area contributed by atoms with Crippen molar-refractivity contribution >= 4 is 16.5 Å². The molecule has 3 heteroatoms. The number of benzene rings is 3. The quantitative estimate of drug-likeness (QED) is 0.705. The molecule has 2 N–H and O–H groups in total. The highest BCUT2D eigenvalue weighted by Crippen LogP contribution is 2.33. The summed E-state index contributed by atoms with van der Waals surface area (Å²) in [4.78, 5) is 0. The summed E-state index contributed by atoms with van der Waals surface area (Å²) in [6.07, 6.45) is 0. The zero-order chi connectivity index (χ0) is 14.8. The van der Waals surface area contributed by atoms with Gasteiger partial charge in [0.1, 0.15) is 11.5 Å². The van der Waals surface area contributed by atoms with Crippen LogP contribution < -0.4 is 10.5 Å². The van der Waals surface area contributed by atoms with E-state index in [9.17, 15) is 5.26 Å². The van der Waals surface area contributed by atoms with E-state index >= 15 is 0 Å². The molecule has 0 saturated carbocycles. The Labute approximate surface area is 123 Å². The first kappa shape index (κ1) is 13.0. The average Bonchev–Trinajstić information content (AvgIpc) is 2.50. The third-order valence-corrected chi connectivity index (χ3v) is 3.42. The minimum absolute atomic E-state index is 0.645. The van der Waals surface area contributed by atoms with Crippen molar-refractivity contribution in [1.82, 2.24) is 0 Å². The topological polar surface area (TPSA) is 59.0 Å². The molecule has 102 valence electrons. The molecule has 21 heavy (non-hydrogen) atoms. The van der Waals surface area contributed by atoms with Crippen molar-refractivity contribution in [3.63, 3.8) is 0 Å². The van der Waals surface area contributed by atoms with Crippen molar-refractivity contribution in [1.29, 1.82) is 5.26 Å². The first-order valence-corrected chi connectivity index (χ1v) is 6.65. The molecule has 0 saturated heterocycles. The van der Waals surface area contributed by atoms with Gasteiger partial charge < -0.3 is 10.5 Å². The van der Waals surface area contributed by atoms with Gasteiger partial charge in [-0.2, -0.15) is 5.26 Å². The summed E-state index contributed by atoms with van der Waals surface area (Å²) in [7, 11) is 0. The van der Waals surface area contributed by atoms with E-state index in [2.05, 4.69) is 6.07 Å².